The van der Waals surface area contributed by atoms with Crippen LogP contribution in [0, 0.1) is 0 Å². The molecule has 0 aromatic carbocycles. The van der Waals surface area contributed by atoms with E-state index in [9.17, 15) is 34.5 Å². The first kappa shape index (κ1) is 22.7. The van der Waals surface area contributed by atoms with Crippen molar-refractivity contribution in [1.82, 2.24) is 0 Å². The maximum absolute atomic E-state index is 9.75. The van der Waals surface area contributed by atoms with Gasteiger partial charge in [0.05, 0.1) is 0 Å². The van der Waals surface area contributed by atoms with Crippen LogP contribution in [0.1, 0.15) is 0 Å². The first-order valence-electron chi connectivity index (χ1n) is 1.75. The van der Waals surface area contributed by atoms with Crippen LogP contribution < -0.4 is 0 Å². The summed E-state index contributed by atoms with van der Waals surface area (Å²) in [4.78, 5) is 0. The van der Waals surface area contributed by atoms with Crippen LogP contribution in [0.5, 0.6) is 0 Å². The van der Waals surface area contributed by atoms with Gasteiger partial charge in [-0.1, -0.05) is 0 Å². The molecule has 0 unspecified atom stereocenters. The molecule has 0 atom stereocenters. The van der Waals surface area contributed by atoms with Crippen molar-refractivity contribution in [3.05, 3.63) is 0 Å². The predicted octanol–water partition coefficient (Wildman–Crippen LogP) is 1.77. The molecule has 0 aromatic heterocycles. The predicted molar refractivity (Wildman–Crippen MR) is 24.0 cm³/mol. The van der Waals surface area contributed by atoms with Crippen LogP contribution in [0.2, 0.25) is 0 Å². The average molecular weight is 255 g/mol. The van der Waals surface area contributed by atoms with Crippen molar-refractivity contribution in [1.29, 1.82) is 0 Å². The normalized spacial score (nSPS) is 10.0. The SMILES string of the molecule is F[B-](F)(F)F.F[B-](F)(F)F.O.[Cu+2]. The number of rotatable bonds is 0. The molecule has 0 amide bonds. The van der Waals surface area contributed by atoms with Gasteiger partial charge in [-0.3, -0.25) is 0 Å². The van der Waals surface area contributed by atoms with Gasteiger partial charge in [-0.05, 0) is 0 Å². The quantitative estimate of drug-likeness (QED) is 0.467. The van der Waals surface area contributed by atoms with Crippen LogP contribution in [0.4, 0.5) is 34.5 Å². The molecule has 81 valence electrons. The van der Waals surface area contributed by atoms with Crippen molar-refractivity contribution >= 4 is 14.5 Å². The van der Waals surface area contributed by atoms with Crippen molar-refractivity contribution in [3.63, 3.8) is 0 Å². The second kappa shape index (κ2) is 7.69. The van der Waals surface area contributed by atoms with Crippen molar-refractivity contribution in [2.24, 2.45) is 0 Å². The van der Waals surface area contributed by atoms with E-state index >= 15 is 0 Å². The summed E-state index contributed by atoms with van der Waals surface area (Å²) in [7, 11) is -12.0. The zero-order chi connectivity index (χ0) is 9.00. The molecule has 0 rings (SSSR count). The van der Waals surface area contributed by atoms with Gasteiger partial charge in [-0.2, -0.15) is 0 Å². The molecular formula is H2B2CuF8O. The Hall–Kier alpha value is 0.0494. The van der Waals surface area contributed by atoms with Crippen molar-refractivity contribution < 1.29 is 57.1 Å². The molecule has 0 aromatic rings. The molecule has 0 aliphatic heterocycles. The minimum Gasteiger partial charge on any atom is -0.418 e. The summed E-state index contributed by atoms with van der Waals surface area (Å²) in [6.07, 6.45) is 0. The Kier molecular flexibility index (Phi) is 14.5. The first-order chi connectivity index (χ1) is 4.00. The van der Waals surface area contributed by atoms with Crippen molar-refractivity contribution in [2.45, 2.75) is 0 Å². The Balaban J connectivity index is -0.0000000457. The van der Waals surface area contributed by atoms with Gasteiger partial charge in [0.1, 0.15) is 0 Å². The van der Waals surface area contributed by atoms with E-state index in [2.05, 4.69) is 0 Å². The van der Waals surface area contributed by atoms with E-state index in [0.717, 1.165) is 0 Å². The van der Waals surface area contributed by atoms with Gasteiger partial charge in [-0.15, -0.1) is 0 Å². The maximum atomic E-state index is 9.75. The molecule has 0 bridgehead atoms. The fraction of sp³-hybridized carbons (Fsp3) is 0. The Morgan fingerprint density at radius 2 is 0.500 bits per heavy atom. The van der Waals surface area contributed by atoms with Gasteiger partial charge in [-0.25, -0.2) is 0 Å². The summed E-state index contributed by atoms with van der Waals surface area (Å²) in [6.45, 7) is 0. The maximum Gasteiger partial charge on any atom is 2.00 e. The topological polar surface area (TPSA) is 31.5 Å². The standard InChI is InChI=1S/2BF4.Cu.H2O/c2*2-1(3,4)5;;/h;;;1H2/q2*-1;+2;. The molecule has 0 fully saturated rings. The summed E-state index contributed by atoms with van der Waals surface area (Å²) in [5, 5.41) is 0. The van der Waals surface area contributed by atoms with Gasteiger partial charge in [0, 0.05) is 0 Å². The fourth-order valence-electron chi connectivity index (χ4n) is 0. The van der Waals surface area contributed by atoms with Crippen LogP contribution in [-0.2, 0) is 17.1 Å². The summed E-state index contributed by atoms with van der Waals surface area (Å²) in [5.41, 5.74) is 0. The van der Waals surface area contributed by atoms with Crippen molar-refractivity contribution in [2.75, 3.05) is 0 Å². The zero-order valence-corrected chi connectivity index (χ0v) is 5.92. The van der Waals surface area contributed by atoms with E-state index in [1.54, 1.807) is 0 Å². The Morgan fingerprint density at radius 1 is 0.500 bits per heavy atom. The Bertz CT molecular complexity index is 60.0. The summed E-state index contributed by atoms with van der Waals surface area (Å²) in [5.74, 6) is 0. The minimum absolute atomic E-state index is 0. The van der Waals surface area contributed by atoms with Crippen LogP contribution in [0.25, 0.3) is 0 Å². The van der Waals surface area contributed by atoms with Crippen LogP contribution >= 0.6 is 0 Å². The second-order valence-electron chi connectivity index (χ2n) is 0.990. The van der Waals surface area contributed by atoms with E-state index in [-0.39, 0.29) is 22.5 Å². The third kappa shape index (κ3) is 338000. The number of halogens is 8. The fourth-order valence-corrected chi connectivity index (χ4v) is 0. The van der Waals surface area contributed by atoms with E-state index < -0.39 is 14.5 Å². The third-order valence-electron chi connectivity index (χ3n) is 0. The number of hydrogen-bond acceptors (Lipinski definition) is 0. The van der Waals surface area contributed by atoms with Gasteiger partial charge in [0.15, 0.2) is 0 Å². The van der Waals surface area contributed by atoms with Gasteiger partial charge < -0.3 is 40.0 Å². The van der Waals surface area contributed by atoms with Crippen LogP contribution in [0.3, 0.4) is 0 Å². The minimum atomic E-state index is -6.00. The monoisotopic (exact) mass is 255 g/mol. The Morgan fingerprint density at radius 3 is 0.500 bits per heavy atom. The van der Waals surface area contributed by atoms with Gasteiger partial charge in [0.2, 0.25) is 0 Å². The molecule has 12 heteroatoms. The van der Waals surface area contributed by atoms with Crippen LogP contribution in [0.15, 0.2) is 0 Å². The molecule has 0 aliphatic rings. The first-order valence-corrected chi connectivity index (χ1v) is 1.75. The zero-order valence-electron chi connectivity index (χ0n) is 4.98. The molecular weight excluding hydrogens is 253 g/mol. The van der Waals surface area contributed by atoms with E-state index in [1.807, 2.05) is 0 Å². The van der Waals surface area contributed by atoms with Crippen molar-refractivity contribution in [3.8, 4) is 0 Å². The molecule has 12 heavy (non-hydrogen) atoms. The third-order valence-corrected chi connectivity index (χ3v) is 0. The Labute approximate surface area is 72.5 Å². The molecule has 1 nitrogen and oxygen atoms in total. The van der Waals surface area contributed by atoms with Gasteiger partial charge >= 0.3 is 31.6 Å². The van der Waals surface area contributed by atoms with E-state index in [4.69, 9.17) is 0 Å². The molecule has 0 heterocycles. The van der Waals surface area contributed by atoms with Gasteiger partial charge in [0.25, 0.3) is 0 Å². The second-order valence-corrected chi connectivity index (χ2v) is 0.990. The summed E-state index contributed by atoms with van der Waals surface area (Å²) in [6, 6.07) is 0. The largest absolute Gasteiger partial charge is 2.00 e. The summed E-state index contributed by atoms with van der Waals surface area (Å²) < 4.78 is 78.0. The van der Waals surface area contributed by atoms with Crippen LogP contribution in [-0.4, -0.2) is 20.0 Å². The molecule has 0 spiro atoms. The summed E-state index contributed by atoms with van der Waals surface area (Å²) >= 11 is 0. The average Bonchev–Trinajstić information content (AvgIpc) is 1.12. The smallest absolute Gasteiger partial charge is 0.418 e. The van der Waals surface area contributed by atoms with E-state index in [0.29, 0.717) is 0 Å². The molecule has 0 aliphatic carbocycles. The molecule has 0 saturated heterocycles. The number of hydrogen-bond donors (Lipinski definition) is 0. The molecule has 2 N–H and O–H groups in total. The molecule has 0 saturated carbocycles. The van der Waals surface area contributed by atoms with E-state index in [1.165, 1.54) is 0 Å². The molecule has 1 radical (unpaired) electrons.